The third kappa shape index (κ3) is 2.78. The van der Waals surface area contributed by atoms with Crippen molar-refractivity contribution >= 4 is 29.3 Å². The Balaban J connectivity index is 1.75. The molecule has 0 aromatic heterocycles. The number of ether oxygens (including phenoxy) is 1. The molecule has 2 aliphatic rings. The van der Waals surface area contributed by atoms with E-state index >= 15 is 0 Å². The highest BCUT2D eigenvalue weighted by Gasteiger charge is 2.37. The molecule has 2 heterocycles. The highest BCUT2D eigenvalue weighted by Crippen LogP contribution is 2.29. The first kappa shape index (κ1) is 14.1. The normalized spacial score (nSPS) is 24.5. The molecule has 6 nitrogen and oxygen atoms in total. The van der Waals surface area contributed by atoms with Crippen LogP contribution < -0.4 is 10.1 Å². The van der Waals surface area contributed by atoms with Crippen LogP contribution in [0.25, 0.3) is 0 Å². The number of hydrogen-bond donors (Lipinski definition) is 2. The minimum Gasteiger partial charge on any atom is -0.480 e. The molecule has 1 amide bonds. The number of carboxylic acid groups (broad SMARTS) is 1. The molecule has 7 heteroatoms. The van der Waals surface area contributed by atoms with E-state index in [9.17, 15) is 14.7 Å². The van der Waals surface area contributed by atoms with Gasteiger partial charge in [-0.1, -0.05) is 12.1 Å². The van der Waals surface area contributed by atoms with Crippen LogP contribution >= 0.6 is 11.8 Å². The van der Waals surface area contributed by atoms with Crippen LogP contribution in [0, 0.1) is 0 Å². The van der Waals surface area contributed by atoms with E-state index in [4.69, 9.17) is 4.74 Å². The smallest absolute Gasteiger partial charge is 0.327 e. The fourth-order valence-corrected chi connectivity index (χ4v) is 3.55. The van der Waals surface area contributed by atoms with E-state index < -0.39 is 18.1 Å². The lowest BCUT2D eigenvalue weighted by Crippen LogP contribution is -2.56. The zero-order valence-electron chi connectivity index (χ0n) is 11.3. The van der Waals surface area contributed by atoms with Crippen molar-refractivity contribution in [3.05, 3.63) is 24.3 Å². The number of hydrogen-bond acceptors (Lipinski definition) is 5. The summed E-state index contributed by atoms with van der Waals surface area (Å²) in [6.07, 6.45) is -0.676. The summed E-state index contributed by atoms with van der Waals surface area (Å²) in [5, 5.41) is 12.4. The van der Waals surface area contributed by atoms with Crippen molar-refractivity contribution in [2.75, 3.05) is 29.9 Å². The van der Waals surface area contributed by atoms with Gasteiger partial charge in [0.05, 0.1) is 12.2 Å². The first-order chi connectivity index (χ1) is 10.2. The SMILES string of the molecule is O=C(O)C1CSCCN1C(=O)C1CNc2ccccc2O1. The van der Waals surface area contributed by atoms with Crippen molar-refractivity contribution in [2.24, 2.45) is 0 Å². The molecule has 112 valence electrons. The second-order valence-electron chi connectivity index (χ2n) is 4.94. The average molecular weight is 308 g/mol. The van der Waals surface area contributed by atoms with Gasteiger partial charge in [-0.25, -0.2) is 4.79 Å². The lowest BCUT2D eigenvalue weighted by atomic mass is 10.1. The third-order valence-corrected chi connectivity index (χ3v) is 4.63. The number of carbonyl (C=O) groups excluding carboxylic acids is 1. The second kappa shape index (κ2) is 5.85. The lowest BCUT2D eigenvalue weighted by molar-refractivity contribution is -0.152. The Morgan fingerprint density at radius 1 is 1.38 bits per heavy atom. The van der Waals surface area contributed by atoms with Crippen LogP contribution in [-0.4, -0.2) is 58.6 Å². The predicted octanol–water partition coefficient (Wildman–Crippen LogP) is 0.888. The molecular weight excluding hydrogens is 292 g/mol. The van der Waals surface area contributed by atoms with Gasteiger partial charge in [-0.3, -0.25) is 4.79 Å². The third-order valence-electron chi connectivity index (χ3n) is 3.61. The maximum Gasteiger partial charge on any atom is 0.327 e. The summed E-state index contributed by atoms with van der Waals surface area (Å²) in [6, 6.07) is 6.64. The van der Waals surface area contributed by atoms with E-state index in [2.05, 4.69) is 5.32 Å². The highest BCUT2D eigenvalue weighted by molar-refractivity contribution is 7.99. The molecule has 0 spiro atoms. The average Bonchev–Trinajstić information content (AvgIpc) is 2.53. The van der Waals surface area contributed by atoms with Gasteiger partial charge in [-0.15, -0.1) is 0 Å². The summed E-state index contributed by atoms with van der Waals surface area (Å²) in [6.45, 7) is 0.799. The second-order valence-corrected chi connectivity index (χ2v) is 6.09. The minimum absolute atomic E-state index is 0.260. The van der Waals surface area contributed by atoms with Gasteiger partial charge < -0.3 is 20.1 Å². The molecule has 3 rings (SSSR count). The Hall–Kier alpha value is -1.89. The fourth-order valence-electron chi connectivity index (χ4n) is 2.51. The van der Waals surface area contributed by atoms with Crippen LogP contribution in [0.4, 0.5) is 5.69 Å². The largest absolute Gasteiger partial charge is 0.480 e. The molecule has 2 N–H and O–H groups in total. The molecule has 21 heavy (non-hydrogen) atoms. The molecule has 1 aromatic rings. The molecule has 0 aliphatic carbocycles. The first-order valence-corrected chi connectivity index (χ1v) is 7.93. The molecule has 0 radical (unpaired) electrons. The standard InChI is InChI=1S/C14H16N2O4S/c17-13(16-5-6-21-8-10(16)14(18)19)12-7-15-9-3-1-2-4-11(9)20-12/h1-4,10,12,15H,5-8H2,(H,18,19). The van der Waals surface area contributed by atoms with Crippen molar-refractivity contribution in [1.29, 1.82) is 0 Å². The van der Waals surface area contributed by atoms with Gasteiger partial charge in [0.25, 0.3) is 5.91 Å². The molecule has 1 fully saturated rings. The summed E-state index contributed by atoms with van der Waals surface area (Å²) in [5.74, 6) is 0.592. The van der Waals surface area contributed by atoms with Crippen LogP contribution in [0.3, 0.4) is 0 Å². The van der Waals surface area contributed by atoms with E-state index in [0.717, 1.165) is 11.4 Å². The van der Waals surface area contributed by atoms with Gasteiger partial charge in [0, 0.05) is 18.1 Å². The maximum atomic E-state index is 12.6. The summed E-state index contributed by atoms with van der Waals surface area (Å²) < 4.78 is 5.72. The van der Waals surface area contributed by atoms with Crippen molar-refractivity contribution in [1.82, 2.24) is 4.90 Å². The number of carbonyl (C=O) groups is 2. The first-order valence-electron chi connectivity index (χ1n) is 6.77. The number of rotatable bonds is 2. The molecule has 1 saturated heterocycles. The van der Waals surface area contributed by atoms with E-state index in [-0.39, 0.29) is 5.91 Å². The van der Waals surface area contributed by atoms with E-state index in [1.165, 1.54) is 4.90 Å². The number of carboxylic acids is 1. The summed E-state index contributed by atoms with van der Waals surface area (Å²) in [4.78, 5) is 25.3. The van der Waals surface area contributed by atoms with Gasteiger partial charge in [0.15, 0.2) is 6.10 Å². The Labute approximate surface area is 126 Å². The number of benzene rings is 1. The van der Waals surface area contributed by atoms with Crippen LogP contribution in [-0.2, 0) is 9.59 Å². The van der Waals surface area contributed by atoms with Crippen molar-refractivity contribution in [3.63, 3.8) is 0 Å². The number of para-hydroxylation sites is 2. The number of thioether (sulfide) groups is 1. The Morgan fingerprint density at radius 3 is 3.00 bits per heavy atom. The number of amides is 1. The molecule has 0 saturated carbocycles. The molecular formula is C14H16N2O4S. The van der Waals surface area contributed by atoms with Gasteiger partial charge in [-0.2, -0.15) is 11.8 Å². The van der Waals surface area contributed by atoms with Crippen LogP contribution in [0.2, 0.25) is 0 Å². The zero-order chi connectivity index (χ0) is 14.8. The highest BCUT2D eigenvalue weighted by atomic mass is 32.2. The van der Waals surface area contributed by atoms with Gasteiger partial charge in [0.1, 0.15) is 11.8 Å². The minimum atomic E-state index is -0.959. The topological polar surface area (TPSA) is 78.9 Å². The fraction of sp³-hybridized carbons (Fsp3) is 0.429. The number of anilines is 1. The number of nitrogens with zero attached hydrogens (tertiary/aromatic N) is 1. The van der Waals surface area contributed by atoms with Crippen LogP contribution in [0.15, 0.2) is 24.3 Å². The van der Waals surface area contributed by atoms with Crippen molar-refractivity contribution in [3.8, 4) is 5.75 Å². The Kier molecular flexibility index (Phi) is 3.92. The monoisotopic (exact) mass is 308 g/mol. The Bertz CT molecular complexity index is 566. The summed E-state index contributed by atoms with van der Waals surface area (Å²) in [7, 11) is 0. The van der Waals surface area contributed by atoms with E-state index in [1.54, 1.807) is 17.8 Å². The van der Waals surface area contributed by atoms with Gasteiger partial charge in [0.2, 0.25) is 0 Å². The summed E-state index contributed by atoms with van der Waals surface area (Å²) in [5.41, 5.74) is 0.852. The molecule has 0 bridgehead atoms. The lowest BCUT2D eigenvalue weighted by Gasteiger charge is -2.36. The summed E-state index contributed by atoms with van der Waals surface area (Å²) >= 11 is 1.56. The van der Waals surface area contributed by atoms with Gasteiger partial charge in [-0.05, 0) is 12.1 Å². The van der Waals surface area contributed by atoms with Crippen molar-refractivity contribution < 1.29 is 19.4 Å². The van der Waals surface area contributed by atoms with E-state index in [0.29, 0.717) is 24.6 Å². The predicted molar refractivity (Wildman–Crippen MR) is 79.8 cm³/mol. The van der Waals surface area contributed by atoms with Crippen LogP contribution in [0.5, 0.6) is 5.75 Å². The van der Waals surface area contributed by atoms with Crippen molar-refractivity contribution in [2.45, 2.75) is 12.1 Å². The number of nitrogens with one attached hydrogen (secondary N) is 1. The van der Waals surface area contributed by atoms with Gasteiger partial charge >= 0.3 is 5.97 Å². The van der Waals surface area contributed by atoms with E-state index in [1.807, 2.05) is 18.2 Å². The Morgan fingerprint density at radius 2 is 2.19 bits per heavy atom. The molecule has 2 unspecified atom stereocenters. The molecule has 1 aromatic carbocycles. The quantitative estimate of drug-likeness (QED) is 0.845. The number of fused-ring (bicyclic) bond motifs is 1. The zero-order valence-corrected chi connectivity index (χ0v) is 12.1. The molecule has 2 aliphatic heterocycles. The number of aliphatic carboxylic acids is 1. The maximum absolute atomic E-state index is 12.6. The molecule has 2 atom stereocenters. The van der Waals surface area contributed by atoms with Crippen LogP contribution in [0.1, 0.15) is 0 Å².